The minimum absolute atomic E-state index is 0.117. The number of hydrogen-bond donors (Lipinski definition) is 0. The number of rotatable bonds is 5. The Bertz CT molecular complexity index is 4610. The molecule has 16 rings (SSSR count). The number of fused-ring (bicyclic) bond motifs is 15. The Morgan fingerprint density at radius 1 is 0.423 bits per heavy atom. The monoisotopic (exact) mass is 905 g/mol. The molecule has 0 spiro atoms. The topological polar surface area (TPSA) is 61.7 Å². The summed E-state index contributed by atoms with van der Waals surface area (Å²) in [4.78, 5) is 15.9. The van der Waals surface area contributed by atoms with Crippen LogP contribution >= 0.6 is 0 Å². The lowest BCUT2D eigenvalue weighted by atomic mass is 9.85. The molecule has 4 aromatic heterocycles. The van der Waals surface area contributed by atoms with Crippen molar-refractivity contribution in [3.05, 3.63) is 229 Å². The van der Waals surface area contributed by atoms with Crippen molar-refractivity contribution in [3.8, 4) is 56.7 Å². The molecule has 1 atom stereocenters. The Kier molecular flexibility index (Phi) is 7.91. The maximum Gasteiger partial charge on any atom is 0.238 e. The van der Waals surface area contributed by atoms with Crippen molar-refractivity contribution in [3.63, 3.8) is 0 Å². The van der Waals surface area contributed by atoms with Gasteiger partial charge in [0.15, 0.2) is 11.6 Å². The van der Waals surface area contributed by atoms with E-state index in [1.165, 1.54) is 82.1 Å². The van der Waals surface area contributed by atoms with Crippen LogP contribution in [0.3, 0.4) is 0 Å². The van der Waals surface area contributed by atoms with E-state index in [0.717, 1.165) is 56.4 Å². The molecule has 4 heterocycles. The molecule has 330 valence electrons. The van der Waals surface area contributed by atoms with E-state index < -0.39 is 0 Å². The van der Waals surface area contributed by atoms with E-state index in [9.17, 15) is 0 Å². The van der Waals surface area contributed by atoms with Crippen molar-refractivity contribution in [2.24, 2.45) is 0 Å². The van der Waals surface area contributed by atoms with Crippen LogP contribution in [-0.4, -0.2) is 24.1 Å². The van der Waals surface area contributed by atoms with E-state index in [1.54, 1.807) is 0 Å². The number of para-hydroxylation sites is 2. The Morgan fingerprint density at radius 2 is 1.13 bits per heavy atom. The summed E-state index contributed by atoms with van der Waals surface area (Å²) in [6.45, 7) is 0. The van der Waals surface area contributed by atoms with E-state index in [-0.39, 0.29) is 5.92 Å². The molecule has 0 bridgehead atoms. The second kappa shape index (κ2) is 14.6. The molecule has 0 aliphatic heterocycles. The summed E-state index contributed by atoms with van der Waals surface area (Å²) in [5.74, 6) is 1.91. The van der Waals surface area contributed by atoms with Gasteiger partial charge in [0.2, 0.25) is 5.95 Å². The van der Waals surface area contributed by atoms with E-state index >= 15 is 0 Å². The van der Waals surface area contributed by atoms with Gasteiger partial charge in [0.25, 0.3) is 0 Å². The zero-order valence-corrected chi connectivity index (χ0v) is 38.2. The highest BCUT2D eigenvalue weighted by molar-refractivity contribution is 6.29. The van der Waals surface area contributed by atoms with Crippen LogP contribution < -0.4 is 0 Å². The second-order valence-corrected chi connectivity index (χ2v) is 19.0. The molecule has 6 heteroatoms. The lowest BCUT2D eigenvalue weighted by Crippen LogP contribution is -2.10. The summed E-state index contributed by atoms with van der Waals surface area (Å²) in [5.41, 5.74) is 17.0. The van der Waals surface area contributed by atoms with Crippen LogP contribution in [0.1, 0.15) is 22.7 Å². The highest BCUT2D eigenvalue weighted by Crippen LogP contribution is 2.52. The first-order valence-corrected chi connectivity index (χ1v) is 24.4. The molecule has 0 fully saturated rings. The summed E-state index contributed by atoms with van der Waals surface area (Å²) in [6.07, 6.45) is 5.53. The summed E-state index contributed by atoms with van der Waals surface area (Å²) in [5, 5.41) is 10.9. The summed E-state index contributed by atoms with van der Waals surface area (Å²) < 4.78 is 11.0. The maximum absolute atomic E-state index is 6.24. The van der Waals surface area contributed by atoms with Gasteiger partial charge in [-0.05, 0) is 128 Å². The predicted octanol–water partition coefficient (Wildman–Crippen LogP) is 16.5. The quantitative estimate of drug-likeness (QED) is 0.173. The number of benzene rings is 10. The van der Waals surface area contributed by atoms with Crippen molar-refractivity contribution >= 4 is 82.3 Å². The molecule has 2 aliphatic carbocycles. The number of aromatic nitrogens is 5. The number of nitrogens with zero attached hydrogens (tertiary/aromatic N) is 5. The fraction of sp³-hybridized carbons (Fsp3) is 0.0308. The molecule has 0 saturated carbocycles. The van der Waals surface area contributed by atoms with Crippen molar-refractivity contribution in [2.75, 3.05) is 0 Å². The maximum atomic E-state index is 6.24. The lowest BCUT2D eigenvalue weighted by Gasteiger charge is -2.20. The Balaban J connectivity index is 0.899. The molecule has 0 N–H and O–H groups in total. The van der Waals surface area contributed by atoms with Gasteiger partial charge in [-0.2, -0.15) is 9.97 Å². The van der Waals surface area contributed by atoms with E-state index in [0.29, 0.717) is 17.6 Å². The number of furan rings is 1. The van der Waals surface area contributed by atoms with Crippen LogP contribution in [0.15, 0.2) is 217 Å². The van der Waals surface area contributed by atoms with Crippen LogP contribution in [0, 0.1) is 0 Å². The van der Waals surface area contributed by atoms with E-state index in [1.807, 2.05) is 42.5 Å². The van der Waals surface area contributed by atoms with Gasteiger partial charge in [0, 0.05) is 49.7 Å². The van der Waals surface area contributed by atoms with Gasteiger partial charge in [0.05, 0.1) is 22.2 Å². The molecular formula is C65H39N5O. The van der Waals surface area contributed by atoms with E-state index in [2.05, 4.69) is 185 Å². The normalized spacial score (nSPS) is 13.9. The average molecular weight is 906 g/mol. The Labute approximate surface area is 407 Å². The Morgan fingerprint density at radius 3 is 2.00 bits per heavy atom. The first kappa shape index (κ1) is 38.6. The second-order valence-electron chi connectivity index (χ2n) is 19.0. The zero-order valence-electron chi connectivity index (χ0n) is 38.2. The van der Waals surface area contributed by atoms with Gasteiger partial charge in [-0.15, -0.1) is 0 Å². The number of allylic oxidation sites excluding steroid dienone is 1. The first-order valence-electron chi connectivity index (χ1n) is 24.4. The largest absolute Gasteiger partial charge is 0.456 e. The third-order valence-corrected chi connectivity index (χ3v) is 15.3. The van der Waals surface area contributed by atoms with Crippen molar-refractivity contribution in [1.29, 1.82) is 0 Å². The van der Waals surface area contributed by atoms with Gasteiger partial charge in [-0.25, -0.2) is 4.98 Å². The molecule has 0 amide bonds. The molecular weight excluding hydrogens is 867 g/mol. The summed E-state index contributed by atoms with van der Waals surface area (Å²) in [6, 6.07) is 74.1. The minimum atomic E-state index is 0.117. The number of hydrogen-bond acceptors (Lipinski definition) is 4. The van der Waals surface area contributed by atoms with Crippen molar-refractivity contribution < 1.29 is 4.42 Å². The average Bonchev–Trinajstić information content (AvgIpc) is 4.18. The van der Waals surface area contributed by atoms with Crippen LogP contribution in [0.25, 0.3) is 139 Å². The lowest BCUT2D eigenvalue weighted by molar-refractivity contribution is 0.669. The summed E-state index contributed by atoms with van der Waals surface area (Å²) in [7, 11) is 0. The molecule has 14 aromatic rings. The third-order valence-electron chi connectivity index (χ3n) is 15.3. The van der Waals surface area contributed by atoms with Crippen LogP contribution in [0.4, 0.5) is 0 Å². The SMILES string of the molecule is C1=CC(c2ccc3c(c2)c2c4cccc5c4c(cc2n3-c2ccccc2)-c2ccccc2-5)Cc2c1n(-c1nc(-c3ccccc3)nc(-c3ccc4oc5ccccc5c4c3)n1)c1ccc3ccccc3c21. The standard InChI is InChI=1S/C65H39N5O/c1-3-15-39(16-4-1)63-66-64(42-29-33-59-50(36-42)47-22-11-12-25-58(47)71-59)68-65(67-63)70-55-31-28-41(35-53(55)61-44-19-8-7-14-38(44)26-32-56(61)70)40-27-30-54-52(34-40)62-49-24-13-23-48-45-20-9-10-21-46(45)51(60(48)49)37-57(62)69(54)43-17-5-2-6-18-43/h1-34,36-37,41H,35H2. The fourth-order valence-electron chi connectivity index (χ4n) is 12.1. The molecule has 10 aromatic carbocycles. The highest BCUT2D eigenvalue weighted by Gasteiger charge is 2.29. The zero-order chi connectivity index (χ0) is 46.3. The molecule has 0 radical (unpaired) electrons. The molecule has 2 aliphatic rings. The van der Waals surface area contributed by atoms with Gasteiger partial charge in [0.1, 0.15) is 11.2 Å². The minimum Gasteiger partial charge on any atom is -0.456 e. The Hall–Kier alpha value is -9.39. The molecule has 71 heavy (non-hydrogen) atoms. The van der Waals surface area contributed by atoms with Gasteiger partial charge in [-0.1, -0.05) is 152 Å². The molecule has 6 nitrogen and oxygen atoms in total. The van der Waals surface area contributed by atoms with E-state index in [4.69, 9.17) is 19.4 Å². The molecule has 0 saturated heterocycles. The summed E-state index contributed by atoms with van der Waals surface area (Å²) >= 11 is 0. The van der Waals surface area contributed by atoms with Crippen LogP contribution in [0.5, 0.6) is 0 Å². The smallest absolute Gasteiger partial charge is 0.238 e. The highest BCUT2D eigenvalue weighted by atomic mass is 16.3. The van der Waals surface area contributed by atoms with Crippen LogP contribution in [-0.2, 0) is 6.42 Å². The molecule has 1 unspecified atom stereocenters. The third kappa shape index (κ3) is 5.55. The van der Waals surface area contributed by atoms with Gasteiger partial charge >= 0.3 is 0 Å². The van der Waals surface area contributed by atoms with Crippen LogP contribution in [0.2, 0.25) is 0 Å². The van der Waals surface area contributed by atoms with Gasteiger partial charge in [-0.3, -0.25) is 4.57 Å². The first-order chi connectivity index (χ1) is 35.2. The predicted molar refractivity (Wildman–Crippen MR) is 291 cm³/mol. The fourth-order valence-corrected chi connectivity index (χ4v) is 12.1. The van der Waals surface area contributed by atoms with Gasteiger partial charge < -0.3 is 8.98 Å². The van der Waals surface area contributed by atoms with Crippen molar-refractivity contribution in [2.45, 2.75) is 12.3 Å². The van der Waals surface area contributed by atoms with Crippen molar-refractivity contribution in [1.82, 2.24) is 24.1 Å².